The number of rotatable bonds is 5. The molecule has 0 spiro atoms. The smallest absolute Gasteiger partial charge is 0.207 e. The summed E-state index contributed by atoms with van der Waals surface area (Å²) >= 11 is 0. The van der Waals surface area contributed by atoms with E-state index in [0.717, 1.165) is 16.7 Å². The van der Waals surface area contributed by atoms with Crippen molar-refractivity contribution in [2.24, 2.45) is 0 Å². The molecule has 1 unspecified atom stereocenters. The second kappa shape index (κ2) is 7.52. The lowest BCUT2D eigenvalue weighted by atomic mass is 9.99. The van der Waals surface area contributed by atoms with Crippen LogP contribution in [-0.2, 0) is 10.0 Å². The van der Waals surface area contributed by atoms with Gasteiger partial charge in [0.1, 0.15) is 0 Å². The summed E-state index contributed by atoms with van der Waals surface area (Å²) in [7, 11) is -3.70. The molecule has 0 aliphatic carbocycles. The highest BCUT2D eigenvalue weighted by molar-refractivity contribution is 7.89. The number of aryl methyl sites for hydroxylation is 1. The van der Waals surface area contributed by atoms with Gasteiger partial charge in [-0.3, -0.25) is 0 Å². The molecule has 4 nitrogen and oxygen atoms in total. The Kier molecular flexibility index (Phi) is 5.17. The van der Waals surface area contributed by atoms with Crippen LogP contribution in [0.5, 0.6) is 0 Å². The monoisotopic (exact) mass is 362 g/mol. The molecule has 1 N–H and O–H groups in total. The topological polar surface area (TPSA) is 70.0 Å². The van der Waals surface area contributed by atoms with E-state index >= 15 is 0 Å². The van der Waals surface area contributed by atoms with Crippen LogP contribution in [0.2, 0.25) is 0 Å². The fourth-order valence-corrected chi connectivity index (χ4v) is 3.88. The number of nitrogens with zero attached hydrogens (tertiary/aromatic N) is 1. The summed E-state index contributed by atoms with van der Waals surface area (Å²) < 4.78 is 28.5. The van der Waals surface area contributed by atoms with E-state index in [0.29, 0.717) is 5.56 Å². The quantitative estimate of drug-likeness (QED) is 0.747. The second-order valence-corrected chi connectivity index (χ2v) is 7.73. The van der Waals surface area contributed by atoms with Gasteiger partial charge in [-0.2, -0.15) is 9.98 Å². The summed E-state index contributed by atoms with van der Waals surface area (Å²) in [5.74, 6) is 0. The molecular weight excluding hydrogens is 344 g/mol. The first kappa shape index (κ1) is 17.9. The number of hydrogen-bond acceptors (Lipinski definition) is 3. The van der Waals surface area contributed by atoms with Crippen LogP contribution in [-0.4, -0.2) is 8.42 Å². The standard InChI is InChI=1S/C21H18N2O2S/c1-16-7-13-20(14-8-16)26(24,25)23-21(18-5-3-2-4-6-18)19-11-9-17(15-22)10-12-19/h2-14,21,23H,1H3. The van der Waals surface area contributed by atoms with Gasteiger partial charge in [0.25, 0.3) is 0 Å². The van der Waals surface area contributed by atoms with Crippen molar-refractivity contribution >= 4 is 10.0 Å². The zero-order valence-corrected chi connectivity index (χ0v) is 15.1. The number of sulfonamides is 1. The van der Waals surface area contributed by atoms with Crippen molar-refractivity contribution < 1.29 is 8.42 Å². The third-order valence-corrected chi connectivity index (χ3v) is 5.55. The predicted octanol–water partition coefficient (Wildman–Crippen LogP) is 3.93. The molecule has 0 amide bonds. The predicted molar refractivity (Wildman–Crippen MR) is 101 cm³/mol. The molecule has 26 heavy (non-hydrogen) atoms. The van der Waals surface area contributed by atoms with Gasteiger partial charge in [0.05, 0.1) is 22.6 Å². The first-order chi connectivity index (χ1) is 12.5. The van der Waals surface area contributed by atoms with Crippen LogP contribution in [0.4, 0.5) is 0 Å². The summed E-state index contributed by atoms with van der Waals surface area (Å²) in [6, 6.07) is 24.5. The Bertz CT molecular complexity index is 1020. The Labute approximate surface area is 153 Å². The van der Waals surface area contributed by atoms with Crippen molar-refractivity contribution in [2.45, 2.75) is 17.9 Å². The molecule has 0 saturated heterocycles. The van der Waals surface area contributed by atoms with Gasteiger partial charge in [-0.1, -0.05) is 60.2 Å². The van der Waals surface area contributed by atoms with Gasteiger partial charge < -0.3 is 0 Å². The minimum atomic E-state index is -3.70. The van der Waals surface area contributed by atoms with Crippen molar-refractivity contribution in [3.8, 4) is 6.07 Å². The van der Waals surface area contributed by atoms with E-state index in [1.807, 2.05) is 37.3 Å². The maximum Gasteiger partial charge on any atom is 0.241 e. The molecule has 130 valence electrons. The number of nitrogens with one attached hydrogen (secondary N) is 1. The summed E-state index contributed by atoms with van der Waals surface area (Å²) in [6.45, 7) is 1.91. The SMILES string of the molecule is Cc1ccc(S(=O)(=O)NC(c2ccccc2)c2ccc(C#N)cc2)cc1. The molecule has 0 aromatic heterocycles. The molecule has 1 atom stereocenters. The van der Waals surface area contributed by atoms with E-state index in [2.05, 4.69) is 10.8 Å². The number of nitriles is 1. The van der Waals surface area contributed by atoms with Gasteiger partial charge in [-0.05, 0) is 42.3 Å². The Hall–Kier alpha value is -2.94. The van der Waals surface area contributed by atoms with Crippen LogP contribution in [0.3, 0.4) is 0 Å². The number of benzene rings is 3. The van der Waals surface area contributed by atoms with Crippen LogP contribution in [0.15, 0.2) is 83.8 Å². The first-order valence-corrected chi connectivity index (χ1v) is 9.62. The van der Waals surface area contributed by atoms with E-state index in [9.17, 15) is 8.42 Å². The molecule has 0 fully saturated rings. The molecule has 3 aromatic carbocycles. The Morgan fingerprint density at radius 1 is 0.846 bits per heavy atom. The van der Waals surface area contributed by atoms with Crippen molar-refractivity contribution in [2.75, 3.05) is 0 Å². The molecule has 3 rings (SSSR count). The minimum absolute atomic E-state index is 0.220. The molecule has 0 aliphatic rings. The van der Waals surface area contributed by atoms with Gasteiger partial charge in [0.15, 0.2) is 0 Å². The Morgan fingerprint density at radius 3 is 2.00 bits per heavy atom. The third kappa shape index (κ3) is 3.99. The van der Waals surface area contributed by atoms with Gasteiger partial charge in [0.2, 0.25) is 10.0 Å². The Morgan fingerprint density at radius 2 is 1.42 bits per heavy atom. The minimum Gasteiger partial charge on any atom is -0.207 e. The highest BCUT2D eigenvalue weighted by atomic mass is 32.2. The molecule has 0 saturated carbocycles. The highest BCUT2D eigenvalue weighted by Crippen LogP contribution is 2.25. The zero-order valence-electron chi connectivity index (χ0n) is 14.3. The maximum atomic E-state index is 12.9. The van der Waals surface area contributed by atoms with Crippen LogP contribution in [0.1, 0.15) is 28.3 Å². The average Bonchev–Trinajstić information content (AvgIpc) is 2.67. The van der Waals surface area contributed by atoms with E-state index in [4.69, 9.17) is 5.26 Å². The molecular formula is C21H18N2O2S. The maximum absolute atomic E-state index is 12.9. The molecule has 0 heterocycles. The van der Waals surface area contributed by atoms with E-state index in [1.54, 1.807) is 48.5 Å². The summed E-state index contributed by atoms with van der Waals surface area (Å²) in [6.07, 6.45) is 0. The van der Waals surface area contributed by atoms with Crippen molar-refractivity contribution in [3.63, 3.8) is 0 Å². The third-order valence-electron chi connectivity index (χ3n) is 4.11. The second-order valence-electron chi connectivity index (χ2n) is 6.01. The summed E-state index contributed by atoms with van der Waals surface area (Å²) in [5, 5.41) is 8.98. The van der Waals surface area contributed by atoms with Crippen LogP contribution in [0, 0.1) is 18.3 Å². The van der Waals surface area contributed by atoms with Crippen molar-refractivity contribution in [1.82, 2.24) is 4.72 Å². The highest BCUT2D eigenvalue weighted by Gasteiger charge is 2.22. The summed E-state index contributed by atoms with van der Waals surface area (Å²) in [4.78, 5) is 0.220. The zero-order chi connectivity index (χ0) is 18.6. The fraction of sp³-hybridized carbons (Fsp3) is 0.0952. The van der Waals surface area contributed by atoms with E-state index in [-0.39, 0.29) is 4.90 Å². The fourth-order valence-electron chi connectivity index (χ4n) is 2.66. The van der Waals surface area contributed by atoms with Gasteiger partial charge >= 0.3 is 0 Å². The Balaban J connectivity index is 2.01. The van der Waals surface area contributed by atoms with Crippen LogP contribution >= 0.6 is 0 Å². The molecule has 3 aromatic rings. The van der Waals surface area contributed by atoms with Gasteiger partial charge in [0, 0.05) is 0 Å². The summed E-state index contributed by atoms with van der Waals surface area (Å²) in [5.41, 5.74) is 3.12. The van der Waals surface area contributed by atoms with E-state index in [1.165, 1.54) is 0 Å². The van der Waals surface area contributed by atoms with Gasteiger partial charge in [-0.15, -0.1) is 0 Å². The molecule has 0 bridgehead atoms. The van der Waals surface area contributed by atoms with E-state index < -0.39 is 16.1 Å². The van der Waals surface area contributed by atoms with Crippen LogP contribution in [0.25, 0.3) is 0 Å². The molecule has 0 aliphatic heterocycles. The van der Waals surface area contributed by atoms with Crippen molar-refractivity contribution in [1.29, 1.82) is 5.26 Å². The van der Waals surface area contributed by atoms with Gasteiger partial charge in [-0.25, -0.2) is 8.42 Å². The molecule has 5 heteroatoms. The van der Waals surface area contributed by atoms with Crippen molar-refractivity contribution in [3.05, 3.63) is 101 Å². The lowest BCUT2D eigenvalue weighted by Crippen LogP contribution is -2.29. The normalized spacial score (nSPS) is 12.3. The number of hydrogen-bond donors (Lipinski definition) is 1. The molecule has 0 radical (unpaired) electrons. The first-order valence-electron chi connectivity index (χ1n) is 8.13. The average molecular weight is 362 g/mol. The lowest BCUT2D eigenvalue weighted by molar-refractivity contribution is 0.572. The largest absolute Gasteiger partial charge is 0.241 e. The lowest BCUT2D eigenvalue weighted by Gasteiger charge is -2.20. The van der Waals surface area contributed by atoms with Crippen LogP contribution < -0.4 is 4.72 Å².